The monoisotopic (exact) mass is 427 g/mol. The molecule has 2 aromatic heterocycles. The average Bonchev–Trinajstić information content (AvgIpc) is 3.22. The van der Waals surface area contributed by atoms with Crippen LogP contribution in [0.1, 0.15) is 10.7 Å². The van der Waals surface area contributed by atoms with Crippen molar-refractivity contribution in [2.45, 2.75) is 12.7 Å². The van der Waals surface area contributed by atoms with Gasteiger partial charge in [-0.05, 0) is 54.1 Å². The van der Waals surface area contributed by atoms with E-state index in [9.17, 15) is 13.2 Å². The van der Waals surface area contributed by atoms with Gasteiger partial charge in [0.2, 0.25) is 0 Å². The number of hydrogen-bond donors (Lipinski definition) is 1. The normalized spacial score (nSPS) is 11.3. The van der Waals surface area contributed by atoms with Crippen molar-refractivity contribution in [1.82, 2.24) is 9.97 Å². The predicted molar refractivity (Wildman–Crippen MR) is 111 cm³/mol. The maximum Gasteiger partial charge on any atom is 0.433 e. The molecule has 30 heavy (non-hydrogen) atoms. The van der Waals surface area contributed by atoms with Gasteiger partial charge in [0.25, 0.3) is 0 Å². The molecular formula is C22H16F3N3OS. The van der Waals surface area contributed by atoms with Gasteiger partial charge < -0.3 is 10.1 Å². The van der Waals surface area contributed by atoms with Crippen molar-refractivity contribution in [3.05, 3.63) is 89.8 Å². The van der Waals surface area contributed by atoms with Crippen LogP contribution in [0.3, 0.4) is 0 Å². The highest BCUT2D eigenvalue weighted by atomic mass is 32.1. The first-order valence-corrected chi connectivity index (χ1v) is 9.84. The standard InChI is InChI=1S/C22H16F3N3OS/c23-22(24,25)20-12-16(10-11-26-20)27-14-21-28-13-19(30-21)15-6-8-18(9-7-15)29-17-4-2-1-3-5-17/h1-13H,14H2,(H,26,27). The molecule has 0 bridgehead atoms. The molecule has 2 aromatic carbocycles. The number of para-hydroxylation sites is 1. The number of benzene rings is 2. The van der Waals surface area contributed by atoms with Gasteiger partial charge in [-0.15, -0.1) is 11.3 Å². The summed E-state index contributed by atoms with van der Waals surface area (Å²) in [4.78, 5) is 8.67. The summed E-state index contributed by atoms with van der Waals surface area (Å²) in [5, 5.41) is 3.73. The van der Waals surface area contributed by atoms with Gasteiger partial charge in [0.05, 0.1) is 11.4 Å². The number of thiazole rings is 1. The molecule has 0 aliphatic heterocycles. The molecule has 0 fully saturated rings. The molecular weight excluding hydrogens is 411 g/mol. The van der Waals surface area contributed by atoms with Gasteiger partial charge in [-0.25, -0.2) is 4.98 Å². The van der Waals surface area contributed by atoms with E-state index in [0.29, 0.717) is 12.2 Å². The summed E-state index contributed by atoms with van der Waals surface area (Å²) >= 11 is 1.47. The molecule has 4 rings (SSSR count). The summed E-state index contributed by atoms with van der Waals surface area (Å²) in [7, 11) is 0. The molecule has 0 atom stereocenters. The zero-order chi connectivity index (χ0) is 21.0. The summed E-state index contributed by atoms with van der Waals surface area (Å²) in [6.07, 6.45) is -1.58. The van der Waals surface area contributed by atoms with E-state index in [4.69, 9.17) is 4.74 Å². The Morgan fingerprint density at radius 2 is 1.63 bits per heavy atom. The van der Waals surface area contributed by atoms with Crippen LogP contribution in [0.4, 0.5) is 18.9 Å². The smallest absolute Gasteiger partial charge is 0.433 e. The summed E-state index contributed by atoms with van der Waals surface area (Å²) in [5.74, 6) is 1.50. The van der Waals surface area contributed by atoms with Crippen molar-refractivity contribution >= 4 is 17.0 Å². The number of hydrogen-bond acceptors (Lipinski definition) is 5. The van der Waals surface area contributed by atoms with Gasteiger partial charge in [0.1, 0.15) is 22.2 Å². The summed E-state index contributed by atoms with van der Waals surface area (Å²) in [6, 6.07) is 19.7. The largest absolute Gasteiger partial charge is 0.457 e. The van der Waals surface area contributed by atoms with E-state index >= 15 is 0 Å². The van der Waals surface area contributed by atoms with E-state index < -0.39 is 11.9 Å². The van der Waals surface area contributed by atoms with Gasteiger partial charge in [-0.3, -0.25) is 4.98 Å². The van der Waals surface area contributed by atoms with Gasteiger partial charge in [0.15, 0.2) is 0 Å². The second-order valence-electron chi connectivity index (χ2n) is 6.34. The van der Waals surface area contributed by atoms with Crippen LogP contribution in [0.2, 0.25) is 0 Å². The molecule has 152 valence electrons. The third-order valence-corrected chi connectivity index (χ3v) is 5.21. The number of anilines is 1. The van der Waals surface area contributed by atoms with Crippen LogP contribution in [0.5, 0.6) is 11.5 Å². The molecule has 4 aromatic rings. The van der Waals surface area contributed by atoms with Crippen molar-refractivity contribution in [3.8, 4) is 21.9 Å². The molecule has 0 saturated heterocycles. The van der Waals surface area contributed by atoms with Crippen LogP contribution in [0, 0.1) is 0 Å². The SMILES string of the molecule is FC(F)(F)c1cc(NCc2ncc(-c3ccc(Oc4ccccc4)cc3)s2)ccn1. The van der Waals surface area contributed by atoms with E-state index in [-0.39, 0.29) is 0 Å². The number of rotatable bonds is 6. The van der Waals surface area contributed by atoms with E-state index in [2.05, 4.69) is 15.3 Å². The summed E-state index contributed by atoms with van der Waals surface area (Å²) in [6.45, 7) is 0.321. The number of halogens is 3. The zero-order valence-corrected chi connectivity index (χ0v) is 16.4. The Morgan fingerprint density at radius 1 is 0.900 bits per heavy atom. The molecule has 0 unspecified atom stereocenters. The Bertz CT molecular complexity index is 1110. The van der Waals surface area contributed by atoms with E-state index in [1.54, 1.807) is 6.20 Å². The second kappa shape index (κ2) is 8.54. The predicted octanol–water partition coefficient (Wildman–Crippen LogP) is 6.63. The minimum Gasteiger partial charge on any atom is -0.457 e. The highest BCUT2D eigenvalue weighted by molar-refractivity contribution is 7.15. The van der Waals surface area contributed by atoms with Gasteiger partial charge in [-0.2, -0.15) is 13.2 Å². The number of nitrogens with one attached hydrogen (secondary N) is 1. The number of nitrogens with zero attached hydrogens (tertiary/aromatic N) is 2. The molecule has 8 heteroatoms. The quantitative estimate of drug-likeness (QED) is 0.375. The zero-order valence-electron chi connectivity index (χ0n) is 15.6. The van der Waals surface area contributed by atoms with Crippen LogP contribution < -0.4 is 10.1 Å². The van der Waals surface area contributed by atoms with Crippen LogP contribution >= 0.6 is 11.3 Å². The van der Waals surface area contributed by atoms with Gasteiger partial charge >= 0.3 is 6.18 Å². The van der Waals surface area contributed by atoms with Crippen LogP contribution in [-0.2, 0) is 12.7 Å². The van der Waals surface area contributed by atoms with Crippen molar-refractivity contribution in [3.63, 3.8) is 0 Å². The number of alkyl halides is 3. The molecule has 0 spiro atoms. The van der Waals surface area contributed by atoms with Crippen molar-refractivity contribution < 1.29 is 17.9 Å². The number of pyridine rings is 1. The molecule has 0 aliphatic carbocycles. The van der Waals surface area contributed by atoms with E-state index in [1.807, 2.05) is 54.6 Å². The first-order chi connectivity index (χ1) is 14.5. The van der Waals surface area contributed by atoms with Crippen molar-refractivity contribution in [2.24, 2.45) is 0 Å². The molecule has 2 heterocycles. The number of ether oxygens (including phenoxy) is 1. The Labute approximate surface area is 175 Å². The highest BCUT2D eigenvalue weighted by Crippen LogP contribution is 2.31. The van der Waals surface area contributed by atoms with Crippen LogP contribution in [0.25, 0.3) is 10.4 Å². The molecule has 4 nitrogen and oxygen atoms in total. The topological polar surface area (TPSA) is 47.0 Å². The third-order valence-electron chi connectivity index (χ3n) is 4.17. The minimum atomic E-state index is -4.47. The molecule has 0 aliphatic rings. The maximum atomic E-state index is 12.8. The Kier molecular flexibility index (Phi) is 5.67. The molecule has 0 saturated carbocycles. The molecule has 0 amide bonds. The van der Waals surface area contributed by atoms with Crippen molar-refractivity contribution in [1.29, 1.82) is 0 Å². The van der Waals surface area contributed by atoms with Gasteiger partial charge in [0, 0.05) is 18.1 Å². The Morgan fingerprint density at radius 3 is 2.37 bits per heavy atom. The third kappa shape index (κ3) is 4.96. The van der Waals surface area contributed by atoms with Crippen molar-refractivity contribution in [2.75, 3.05) is 5.32 Å². The average molecular weight is 427 g/mol. The second-order valence-corrected chi connectivity index (χ2v) is 7.45. The number of aromatic nitrogens is 2. The highest BCUT2D eigenvalue weighted by Gasteiger charge is 2.32. The minimum absolute atomic E-state index is 0.321. The van der Waals surface area contributed by atoms with E-state index in [1.165, 1.54) is 17.4 Å². The lowest BCUT2D eigenvalue weighted by molar-refractivity contribution is -0.141. The van der Waals surface area contributed by atoms with E-state index in [0.717, 1.165) is 39.2 Å². The first-order valence-electron chi connectivity index (χ1n) is 9.02. The maximum absolute atomic E-state index is 12.8. The first kappa shape index (κ1) is 19.9. The lowest BCUT2D eigenvalue weighted by Gasteiger charge is -2.08. The Hall–Kier alpha value is -3.39. The summed E-state index contributed by atoms with van der Waals surface area (Å²) < 4.78 is 44.1. The van der Waals surface area contributed by atoms with Crippen LogP contribution in [-0.4, -0.2) is 9.97 Å². The lowest BCUT2D eigenvalue weighted by Crippen LogP contribution is -2.08. The fourth-order valence-electron chi connectivity index (χ4n) is 2.71. The molecule has 0 radical (unpaired) electrons. The Balaban J connectivity index is 1.39. The lowest BCUT2D eigenvalue weighted by atomic mass is 10.2. The van der Waals surface area contributed by atoms with Crippen LogP contribution in [0.15, 0.2) is 79.1 Å². The fraction of sp³-hybridized carbons (Fsp3) is 0.0909. The fourth-order valence-corrected chi connectivity index (χ4v) is 3.57. The molecule has 1 N–H and O–H groups in total. The summed E-state index contributed by atoms with van der Waals surface area (Å²) in [5.41, 5.74) is 0.407. The van der Waals surface area contributed by atoms with Gasteiger partial charge in [-0.1, -0.05) is 18.2 Å².